The molecule has 1 aliphatic heterocycles. The molecule has 0 unspecified atom stereocenters. The number of hydrogen-bond donors (Lipinski definition) is 1. The average molecular weight is 347 g/mol. The first-order chi connectivity index (χ1) is 12.1. The summed E-state index contributed by atoms with van der Waals surface area (Å²) in [5, 5.41) is 7.03. The molecular weight excluding hydrogens is 322 g/mol. The molecule has 2 aliphatic carbocycles. The van der Waals surface area contributed by atoms with E-state index in [2.05, 4.69) is 20.4 Å². The molecule has 2 amide bonds. The Labute approximate surface area is 146 Å². The van der Waals surface area contributed by atoms with Crippen molar-refractivity contribution in [2.75, 3.05) is 19.6 Å². The highest BCUT2D eigenvalue weighted by Gasteiger charge is 2.33. The van der Waals surface area contributed by atoms with Gasteiger partial charge in [-0.05, 0) is 32.1 Å². The minimum absolute atomic E-state index is 0.00653. The number of hydrogen-bond acceptors (Lipinski definition) is 6. The van der Waals surface area contributed by atoms with Crippen molar-refractivity contribution in [3.63, 3.8) is 0 Å². The lowest BCUT2D eigenvalue weighted by Crippen LogP contribution is -2.42. The maximum absolute atomic E-state index is 12.1. The summed E-state index contributed by atoms with van der Waals surface area (Å²) in [7, 11) is 0. The highest BCUT2D eigenvalue weighted by Crippen LogP contribution is 2.38. The Bertz CT molecular complexity index is 652. The molecule has 25 heavy (non-hydrogen) atoms. The minimum Gasteiger partial charge on any atom is -0.352 e. The fourth-order valence-electron chi connectivity index (χ4n) is 3.39. The third-order valence-electron chi connectivity index (χ3n) is 5.12. The first-order valence-corrected chi connectivity index (χ1v) is 9.20. The van der Waals surface area contributed by atoms with E-state index in [4.69, 9.17) is 4.52 Å². The standard InChI is InChI=1S/C17H25N5O3/c1-11(23)22(9-15-19-17(25-20-15)12-2-3-12)14-6-7-21(8-14)10-16(24)18-13-4-5-13/h12-14H,2-10H2,1H3,(H,18,24)/t14-/m1/s1. The summed E-state index contributed by atoms with van der Waals surface area (Å²) in [5.74, 6) is 1.78. The van der Waals surface area contributed by atoms with Gasteiger partial charge in [0.1, 0.15) is 0 Å². The van der Waals surface area contributed by atoms with E-state index < -0.39 is 0 Å². The van der Waals surface area contributed by atoms with E-state index in [1.807, 2.05) is 0 Å². The fourth-order valence-corrected chi connectivity index (χ4v) is 3.39. The topological polar surface area (TPSA) is 91.6 Å². The predicted octanol–water partition coefficient (Wildman–Crippen LogP) is 0.648. The maximum atomic E-state index is 12.1. The van der Waals surface area contributed by atoms with Crippen LogP contribution in [-0.4, -0.2) is 63.5 Å². The van der Waals surface area contributed by atoms with E-state index in [0.29, 0.717) is 43.3 Å². The first-order valence-electron chi connectivity index (χ1n) is 9.20. The van der Waals surface area contributed by atoms with Gasteiger partial charge in [0.05, 0.1) is 13.1 Å². The first kappa shape index (κ1) is 16.5. The SMILES string of the molecule is CC(=O)N(Cc1noc(C2CC2)n1)[C@@H]1CCN(CC(=O)NC2CC2)C1. The number of rotatable bonds is 7. The van der Waals surface area contributed by atoms with Crippen molar-refractivity contribution in [1.82, 2.24) is 25.3 Å². The second-order valence-electron chi connectivity index (χ2n) is 7.49. The van der Waals surface area contributed by atoms with Gasteiger partial charge in [-0.3, -0.25) is 14.5 Å². The zero-order valence-electron chi connectivity index (χ0n) is 14.6. The van der Waals surface area contributed by atoms with E-state index in [1.165, 1.54) is 0 Å². The molecule has 3 fully saturated rings. The molecule has 0 aromatic carbocycles. The van der Waals surface area contributed by atoms with Crippen molar-refractivity contribution < 1.29 is 14.1 Å². The summed E-state index contributed by atoms with van der Waals surface area (Å²) in [4.78, 5) is 32.4. The van der Waals surface area contributed by atoms with Crippen LogP contribution in [0.2, 0.25) is 0 Å². The van der Waals surface area contributed by atoms with Crippen LogP contribution < -0.4 is 5.32 Å². The van der Waals surface area contributed by atoms with Gasteiger partial charge in [-0.15, -0.1) is 0 Å². The number of likely N-dealkylation sites (tertiary alicyclic amines) is 1. The largest absolute Gasteiger partial charge is 0.352 e. The Hall–Kier alpha value is -1.96. The van der Waals surface area contributed by atoms with E-state index in [9.17, 15) is 9.59 Å². The Balaban J connectivity index is 1.32. The number of aromatic nitrogens is 2. The third-order valence-corrected chi connectivity index (χ3v) is 5.12. The number of nitrogens with zero attached hydrogens (tertiary/aromatic N) is 4. The van der Waals surface area contributed by atoms with Crippen molar-refractivity contribution in [3.8, 4) is 0 Å². The zero-order chi connectivity index (χ0) is 17.4. The second-order valence-corrected chi connectivity index (χ2v) is 7.49. The minimum atomic E-state index is 0.00653. The van der Waals surface area contributed by atoms with Gasteiger partial charge >= 0.3 is 0 Å². The summed E-state index contributed by atoms with van der Waals surface area (Å²) in [6.07, 6.45) is 5.28. The van der Waals surface area contributed by atoms with Crippen molar-refractivity contribution >= 4 is 11.8 Å². The van der Waals surface area contributed by atoms with Gasteiger partial charge < -0.3 is 14.7 Å². The Morgan fingerprint density at radius 3 is 2.76 bits per heavy atom. The van der Waals surface area contributed by atoms with Gasteiger partial charge in [-0.2, -0.15) is 4.98 Å². The molecule has 1 aromatic rings. The molecule has 1 saturated heterocycles. The Kier molecular flexibility index (Phi) is 4.45. The molecule has 8 nitrogen and oxygen atoms in total. The van der Waals surface area contributed by atoms with Crippen LogP contribution in [0.3, 0.4) is 0 Å². The van der Waals surface area contributed by atoms with E-state index >= 15 is 0 Å². The third kappa shape index (κ3) is 4.18. The van der Waals surface area contributed by atoms with Crippen LogP contribution in [0.4, 0.5) is 0 Å². The summed E-state index contributed by atoms with van der Waals surface area (Å²) in [6, 6.07) is 0.479. The molecule has 3 aliphatic rings. The highest BCUT2D eigenvalue weighted by molar-refractivity contribution is 5.78. The van der Waals surface area contributed by atoms with Crippen LogP contribution in [0.1, 0.15) is 56.7 Å². The monoisotopic (exact) mass is 347 g/mol. The molecule has 4 rings (SSSR count). The van der Waals surface area contributed by atoms with Gasteiger partial charge in [-0.1, -0.05) is 5.16 Å². The predicted molar refractivity (Wildman–Crippen MR) is 88.5 cm³/mol. The van der Waals surface area contributed by atoms with E-state index in [0.717, 1.165) is 38.6 Å². The quantitative estimate of drug-likeness (QED) is 0.779. The molecule has 2 heterocycles. The number of amides is 2. The Morgan fingerprint density at radius 2 is 2.08 bits per heavy atom. The van der Waals surface area contributed by atoms with Crippen LogP contribution in [0, 0.1) is 0 Å². The van der Waals surface area contributed by atoms with Crippen molar-refractivity contribution in [2.24, 2.45) is 0 Å². The number of nitrogens with one attached hydrogen (secondary N) is 1. The number of carbonyl (C=O) groups excluding carboxylic acids is 2. The van der Waals surface area contributed by atoms with Gasteiger partial charge in [0, 0.05) is 38.0 Å². The zero-order valence-corrected chi connectivity index (χ0v) is 14.6. The summed E-state index contributed by atoms with van der Waals surface area (Å²) < 4.78 is 5.29. The van der Waals surface area contributed by atoms with Crippen LogP contribution in [0.15, 0.2) is 4.52 Å². The van der Waals surface area contributed by atoms with Crippen LogP contribution >= 0.6 is 0 Å². The molecule has 0 spiro atoms. The summed E-state index contributed by atoms with van der Waals surface area (Å²) in [6.45, 7) is 3.90. The van der Waals surface area contributed by atoms with Crippen LogP contribution in [0.25, 0.3) is 0 Å². The molecule has 1 atom stereocenters. The van der Waals surface area contributed by atoms with Crippen molar-refractivity contribution in [3.05, 3.63) is 11.7 Å². The van der Waals surface area contributed by atoms with E-state index in [-0.39, 0.29) is 17.9 Å². The molecule has 2 saturated carbocycles. The lowest BCUT2D eigenvalue weighted by molar-refractivity contribution is -0.131. The summed E-state index contributed by atoms with van der Waals surface area (Å²) in [5.41, 5.74) is 0. The van der Waals surface area contributed by atoms with Gasteiger partial charge in [0.2, 0.25) is 17.7 Å². The molecular formula is C17H25N5O3. The average Bonchev–Trinajstić information content (AvgIpc) is 3.48. The maximum Gasteiger partial charge on any atom is 0.234 e. The normalized spacial score (nSPS) is 23.6. The molecule has 136 valence electrons. The molecule has 8 heteroatoms. The molecule has 1 aromatic heterocycles. The van der Waals surface area contributed by atoms with Crippen molar-refractivity contribution in [1.29, 1.82) is 0 Å². The van der Waals surface area contributed by atoms with Crippen molar-refractivity contribution in [2.45, 2.75) is 63.6 Å². The lowest BCUT2D eigenvalue weighted by atomic mass is 10.2. The summed E-state index contributed by atoms with van der Waals surface area (Å²) >= 11 is 0. The highest BCUT2D eigenvalue weighted by atomic mass is 16.5. The van der Waals surface area contributed by atoms with Gasteiger partial charge in [0.25, 0.3) is 0 Å². The fraction of sp³-hybridized carbons (Fsp3) is 0.765. The molecule has 1 N–H and O–H groups in total. The van der Waals surface area contributed by atoms with E-state index in [1.54, 1.807) is 11.8 Å². The molecule has 0 radical (unpaired) electrons. The second kappa shape index (κ2) is 6.74. The Morgan fingerprint density at radius 1 is 1.28 bits per heavy atom. The van der Waals surface area contributed by atoms with Gasteiger partial charge in [-0.25, -0.2) is 0 Å². The molecule has 0 bridgehead atoms. The number of carbonyl (C=O) groups is 2. The van der Waals surface area contributed by atoms with Crippen LogP contribution in [0.5, 0.6) is 0 Å². The lowest BCUT2D eigenvalue weighted by Gasteiger charge is -2.26. The van der Waals surface area contributed by atoms with Gasteiger partial charge in [0.15, 0.2) is 5.82 Å². The van der Waals surface area contributed by atoms with Crippen LogP contribution in [-0.2, 0) is 16.1 Å². The smallest absolute Gasteiger partial charge is 0.234 e.